The molecule has 0 spiro atoms. The van der Waals surface area contributed by atoms with E-state index in [1.165, 1.54) is 7.05 Å². The number of para-hydroxylation sites is 2. The van der Waals surface area contributed by atoms with Crippen molar-refractivity contribution in [1.29, 1.82) is 0 Å². The van der Waals surface area contributed by atoms with Crippen LogP contribution in [0.2, 0.25) is 0 Å². The average Bonchev–Trinajstić information content (AvgIpc) is 2.56. The summed E-state index contributed by atoms with van der Waals surface area (Å²) in [5.74, 6) is 0.358. The Kier molecular flexibility index (Phi) is 2.07. The molecule has 0 aliphatic heterocycles. The van der Waals surface area contributed by atoms with Crippen molar-refractivity contribution in [3.63, 3.8) is 0 Å². The van der Waals surface area contributed by atoms with E-state index in [-0.39, 0.29) is 0 Å². The number of benzene rings is 1. The van der Waals surface area contributed by atoms with Crippen LogP contribution in [0.15, 0.2) is 24.3 Å². The van der Waals surface area contributed by atoms with E-state index in [0.717, 1.165) is 15.9 Å². The molecule has 0 aliphatic carbocycles. The Morgan fingerprint density at radius 1 is 1.47 bits per heavy atom. The molecular formula is C10H10N3O2-. The van der Waals surface area contributed by atoms with Crippen molar-refractivity contribution in [2.45, 2.75) is 0 Å². The number of hydrogen-bond acceptors (Lipinski definition) is 3. The molecular weight excluding hydrogens is 194 g/mol. The lowest BCUT2D eigenvalue weighted by atomic mass is 10.3. The topological polar surface area (TPSA) is 61.2 Å². The summed E-state index contributed by atoms with van der Waals surface area (Å²) in [5, 5.41) is 10.7. The molecule has 1 aromatic carbocycles. The monoisotopic (exact) mass is 204 g/mol. The number of carbonyl (C=O) groups is 1. The van der Waals surface area contributed by atoms with Crippen LogP contribution in [0.4, 0.5) is 10.7 Å². The van der Waals surface area contributed by atoms with Crippen LogP contribution in [0.5, 0.6) is 0 Å². The minimum atomic E-state index is -1.27. The lowest BCUT2D eigenvalue weighted by molar-refractivity contribution is -0.246. The van der Waals surface area contributed by atoms with Crippen LogP contribution in [0.1, 0.15) is 0 Å². The molecule has 1 heterocycles. The van der Waals surface area contributed by atoms with Crippen molar-refractivity contribution < 1.29 is 9.90 Å². The third kappa shape index (κ3) is 1.41. The van der Waals surface area contributed by atoms with E-state index in [1.54, 1.807) is 11.6 Å². The first-order valence-electron chi connectivity index (χ1n) is 4.47. The zero-order valence-electron chi connectivity index (χ0n) is 8.47. The number of amides is 1. The number of imidazole rings is 1. The minimum Gasteiger partial charge on any atom is -0.530 e. The average molecular weight is 204 g/mol. The molecule has 0 radical (unpaired) electrons. The van der Waals surface area contributed by atoms with Crippen molar-refractivity contribution in [3.8, 4) is 0 Å². The Morgan fingerprint density at radius 3 is 2.73 bits per heavy atom. The molecule has 15 heavy (non-hydrogen) atoms. The first-order valence-corrected chi connectivity index (χ1v) is 4.47. The summed E-state index contributed by atoms with van der Waals surface area (Å²) < 4.78 is 1.71. The van der Waals surface area contributed by atoms with Crippen LogP contribution in [0.25, 0.3) is 11.0 Å². The Labute approximate surface area is 86.6 Å². The fraction of sp³-hybridized carbons (Fsp3) is 0.200. The maximum atomic E-state index is 10.7. The second kappa shape index (κ2) is 3.27. The van der Waals surface area contributed by atoms with Crippen molar-refractivity contribution >= 4 is 23.1 Å². The first-order chi connectivity index (χ1) is 7.11. The molecule has 0 saturated carbocycles. The van der Waals surface area contributed by atoms with Gasteiger partial charge in [0, 0.05) is 14.1 Å². The number of rotatable bonds is 1. The van der Waals surface area contributed by atoms with E-state index in [4.69, 9.17) is 0 Å². The molecule has 78 valence electrons. The second-order valence-corrected chi connectivity index (χ2v) is 3.28. The molecule has 1 aromatic heterocycles. The fourth-order valence-electron chi connectivity index (χ4n) is 1.51. The molecule has 2 rings (SSSR count). The van der Waals surface area contributed by atoms with Gasteiger partial charge in [0.15, 0.2) is 0 Å². The normalized spacial score (nSPS) is 10.5. The van der Waals surface area contributed by atoms with Gasteiger partial charge in [-0.1, -0.05) is 12.1 Å². The predicted molar refractivity (Wildman–Crippen MR) is 54.5 cm³/mol. The van der Waals surface area contributed by atoms with Gasteiger partial charge in [0.25, 0.3) is 0 Å². The number of hydrogen-bond donors (Lipinski definition) is 0. The molecule has 5 heteroatoms. The summed E-state index contributed by atoms with van der Waals surface area (Å²) in [6.07, 6.45) is -1.27. The zero-order chi connectivity index (χ0) is 11.0. The van der Waals surface area contributed by atoms with Gasteiger partial charge in [-0.15, -0.1) is 0 Å². The van der Waals surface area contributed by atoms with E-state index in [9.17, 15) is 9.90 Å². The number of carbonyl (C=O) groups excluding carboxylic acids is 1. The molecule has 0 saturated heterocycles. The zero-order valence-corrected chi connectivity index (χ0v) is 8.47. The number of aromatic nitrogens is 2. The number of carboxylic acid groups (broad SMARTS) is 1. The van der Waals surface area contributed by atoms with Crippen LogP contribution in [0, 0.1) is 0 Å². The number of anilines is 1. The van der Waals surface area contributed by atoms with Gasteiger partial charge in [-0.3, -0.25) is 0 Å². The van der Waals surface area contributed by atoms with Gasteiger partial charge in [-0.05, 0) is 12.1 Å². The van der Waals surface area contributed by atoms with Crippen molar-refractivity contribution in [3.05, 3.63) is 24.3 Å². The predicted octanol–water partition coefficient (Wildman–Crippen LogP) is 0.353. The lowest BCUT2D eigenvalue weighted by Crippen LogP contribution is -2.39. The highest BCUT2D eigenvalue weighted by Crippen LogP contribution is 2.19. The van der Waals surface area contributed by atoms with E-state index < -0.39 is 6.09 Å². The maximum Gasteiger partial charge on any atom is 0.211 e. The molecule has 0 atom stereocenters. The van der Waals surface area contributed by atoms with Crippen molar-refractivity contribution in [2.24, 2.45) is 7.05 Å². The highest BCUT2D eigenvalue weighted by molar-refractivity contribution is 5.86. The molecule has 0 fully saturated rings. The molecule has 0 bridgehead atoms. The molecule has 0 N–H and O–H groups in total. The summed E-state index contributed by atoms with van der Waals surface area (Å²) >= 11 is 0. The smallest absolute Gasteiger partial charge is 0.211 e. The van der Waals surface area contributed by atoms with E-state index >= 15 is 0 Å². The van der Waals surface area contributed by atoms with E-state index in [2.05, 4.69) is 4.98 Å². The third-order valence-electron chi connectivity index (χ3n) is 2.34. The first kappa shape index (κ1) is 9.51. The van der Waals surface area contributed by atoms with E-state index in [0.29, 0.717) is 5.95 Å². The molecule has 0 unspecified atom stereocenters. The van der Waals surface area contributed by atoms with Crippen molar-refractivity contribution in [1.82, 2.24) is 9.55 Å². The van der Waals surface area contributed by atoms with Gasteiger partial charge in [0.1, 0.15) is 6.09 Å². The van der Waals surface area contributed by atoms with Gasteiger partial charge >= 0.3 is 0 Å². The fourth-order valence-corrected chi connectivity index (χ4v) is 1.51. The summed E-state index contributed by atoms with van der Waals surface area (Å²) in [7, 11) is 3.18. The molecule has 5 nitrogen and oxygen atoms in total. The SMILES string of the molecule is CN(C(=O)[O-])c1nc2ccccc2n1C. The Hall–Kier alpha value is -2.04. The quantitative estimate of drug-likeness (QED) is 0.673. The van der Waals surface area contributed by atoms with Gasteiger partial charge in [0.05, 0.1) is 11.0 Å². The Bertz CT molecular complexity index is 518. The van der Waals surface area contributed by atoms with Crippen LogP contribution in [-0.4, -0.2) is 22.7 Å². The van der Waals surface area contributed by atoms with Crippen molar-refractivity contribution in [2.75, 3.05) is 11.9 Å². The number of fused-ring (bicyclic) bond motifs is 1. The Morgan fingerprint density at radius 2 is 2.13 bits per heavy atom. The highest BCUT2D eigenvalue weighted by atomic mass is 16.4. The summed E-state index contributed by atoms with van der Waals surface area (Å²) in [6.45, 7) is 0. The molecule has 1 amide bonds. The molecule has 2 aromatic rings. The molecule has 0 aliphatic rings. The standard InChI is InChI=1S/C10H11N3O2/c1-12-8-6-4-3-5-7(8)11-9(12)13(2)10(14)15/h3-6H,1-2H3,(H,14,15)/p-1. The summed E-state index contributed by atoms with van der Waals surface area (Å²) in [6, 6.07) is 7.46. The Balaban J connectivity index is 2.63. The van der Waals surface area contributed by atoms with Gasteiger partial charge < -0.3 is 19.4 Å². The highest BCUT2D eigenvalue weighted by Gasteiger charge is 2.11. The van der Waals surface area contributed by atoms with Gasteiger partial charge in [-0.25, -0.2) is 4.98 Å². The van der Waals surface area contributed by atoms with Crippen LogP contribution in [0.3, 0.4) is 0 Å². The minimum absolute atomic E-state index is 0.358. The maximum absolute atomic E-state index is 10.7. The number of nitrogens with zero attached hydrogens (tertiary/aromatic N) is 3. The third-order valence-corrected chi connectivity index (χ3v) is 2.34. The van der Waals surface area contributed by atoms with E-state index in [1.807, 2.05) is 24.3 Å². The summed E-state index contributed by atoms with van der Waals surface area (Å²) in [4.78, 5) is 15.9. The second-order valence-electron chi connectivity index (χ2n) is 3.28. The largest absolute Gasteiger partial charge is 0.530 e. The van der Waals surface area contributed by atoms with Gasteiger partial charge in [0.2, 0.25) is 5.95 Å². The van der Waals surface area contributed by atoms with Crippen LogP contribution >= 0.6 is 0 Å². The van der Waals surface area contributed by atoms with Crippen LogP contribution in [-0.2, 0) is 7.05 Å². The number of aryl methyl sites for hydroxylation is 1. The van der Waals surface area contributed by atoms with Crippen LogP contribution < -0.4 is 10.0 Å². The summed E-state index contributed by atoms with van der Waals surface area (Å²) in [5.41, 5.74) is 1.66. The lowest BCUT2D eigenvalue weighted by Gasteiger charge is -2.18. The van der Waals surface area contributed by atoms with Gasteiger partial charge in [-0.2, -0.15) is 0 Å².